The summed E-state index contributed by atoms with van der Waals surface area (Å²) in [6.07, 6.45) is 3.22. The minimum atomic E-state index is 1.04. The monoisotopic (exact) mass is 214 g/mol. The molecule has 0 unspecified atom stereocenters. The molecule has 0 aromatic carbocycles. The van der Waals surface area contributed by atoms with Crippen molar-refractivity contribution in [1.29, 1.82) is 0 Å². The van der Waals surface area contributed by atoms with Crippen LogP contribution in [0.4, 0.5) is 0 Å². The molecule has 1 heterocycles. The Morgan fingerprint density at radius 1 is 1.36 bits per heavy atom. The van der Waals surface area contributed by atoms with E-state index < -0.39 is 0 Å². The van der Waals surface area contributed by atoms with Crippen molar-refractivity contribution in [1.82, 2.24) is 0 Å². The minimum Gasteiger partial charge on any atom is -0.202 e. The van der Waals surface area contributed by atoms with E-state index in [-0.39, 0.29) is 0 Å². The lowest BCUT2D eigenvalue weighted by Crippen LogP contribution is -2.36. The Morgan fingerprint density at radius 2 is 2.09 bits per heavy atom. The van der Waals surface area contributed by atoms with Crippen molar-refractivity contribution in [2.45, 2.75) is 26.8 Å². The molecule has 2 heteroatoms. The summed E-state index contributed by atoms with van der Waals surface area (Å²) in [6, 6.07) is 4.25. The first kappa shape index (κ1) is 8.72. The van der Waals surface area contributed by atoms with Crippen LogP contribution in [-0.4, -0.2) is 0 Å². The van der Waals surface area contributed by atoms with E-state index in [2.05, 4.69) is 52.7 Å². The van der Waals surface area contributed by atoms with Crippen LogP contribution in [0.5, 0.6) is 0 Å². The summed E-state index contributed by atoms with van der Waals surface area (Å²) < 4.78 is 3.40. The lowest BCUT2D eigenvalue weighted by molar-refractivity contribution is -0.701. The molecule has 1 aromatic heterocycles. The minimum absolute atomic E-state index is 1.04. The average Bonchev–Trinajstić information content (AvgIpc) is 2.04. The van der Waals surface area contributed by atoms with Gasteiger partial charge in [-0.15, -0.1) is 0 Å². The van der Waals surface area contributed by atoms with Gasteiger partial charge in [0.15, 0.2) is 11.9 Å². The predicted molar refractivity (Wildman–Crippen MR) is 49.4 cm³/mol. The van der Waals surface area contributed by atoms with E-state index in [1.54, 1.807) is 0 Å². The van der Waals surface area contributed by atoms with Crippen LogP contribution in [0, 0.1) is 0 Å². The molecule has 1 rings (SSSR count). The van der Waals surface area contributed by atoms with Gasteiger partial charge in [-0.2, -0.15) is 0 Å². The van der Waals surface area contributed by atoms with Gasteiger partial charge in [0.05, 0.1) is 4.47 Å². The zero-order valence-corrected chi connectivity index (χ0v) is 8.56. The molecule has 0 spiro atoms. The van der Waals surface area contributed by atoms with Crippen LogP contribution in [0.15, 0.2) is 22.8 Å². The molecule has 0 aliphatic heterocycles. The summed E-state index contributed by atoms with van der Waals surface area (Å²) in [6.45, 7) is 5.38. The molecule has 1 nitrogen and oxygen atoms in total. The highest BCUT2D eigenvalue weighted by Crippen LogP contribution is 2.06. The maximum atomic E-state index is 3.45. The van der Waals surface area contributed by atoms with Crippen LogP contribution in [0.25, 0.3) is 0 Å². The molecule has 0 bridgehead atoms. The number of hydrogen-bond acceptors (Lipinski definition) is 0. The third-order valence-electron chi connectivity index (χ3n) is 1.79. The maximum Gasteiger partial charge on any atom is 0.183 e. The smallest absolute Gasteiger partial charge is 0.183 e. The highest BCUT2D eigenvalue weighted by Gasteiger charge is 2.05. The van der Waals surface area contributed by atoms with Gasteiger partial charge in [0.2, 0.25) is 0 Å². The molecule has 11 heavy (non-hydrogen) atoms. The Hall–Kier alpha value is -0.370. The summed E-state index contributed by atoms with van der Waals surface area (Å²) in [4.78, 5) is 0. The van der Waals surface area contributed by atoms with E-state index in [1.807, 2.05) is 0 Å². The third-order valence-corrected chi connectivity index (χ3v) is 2.26. The number of rotatable bonds is 2. The SMILES string of the molecule is CCc1ccc(Br)c[n+]1CC. The Balaban J connectivity index is 3.06. The molecular formula is C9H13BrN+. The van der Waals surface area contributed by atoms with E-state index in [1.165, 1.54) is 5.69 Å². The van der Waals surface area contributed by atoms with Crippen LogP contribution >= 0.6 is 15.9 Å². The van der Waals surface area contributed by atoms with Gasteiger partial charge in [0.1, 0.15) is 6.54 Å². The largest absolute Gasteiger partial charge is 0.202 e. The first-order chi connectivity index (χ1) is 5.27. The molecule has 0 aliphatic carbocycles. The van der Waals surface area contributed by atoms with Crippen LogP contribution in [-0.2, 0) is 13.0 Å². The molecule has 60 valence electrons. The Labute approximate surface area is 76.2 Å². The zero-order chi connectivity index (χ0) is 8.27. The molecule has 0 amide bonds. The number of pyridine rings is 1. The van der Waals surface area contributed by atoms with Gasteiger partial charge in [-0.1, -0.05) is 6.92 Å². The van der Waals surface area contributed by atoms with Crippen molar-refractivity contribution in [3.8, 4) is 0 Å². The highest BCUT2D eigenvalue weighted by molar-refractivity contribution is 9.10. The van der Waals surface area contributed by atoms with Crippen LogP contribution in [0.2, 0.25) is 0 Å². The van der Waals surface area contributed by atoms with Gasteiger partial charge in [-0.05, 0) is 28.9 Å². The van der Waals surface area contributed by atoms with Crippen molar-refractivity contribution >= 4 is 15.9 Å². The summed E-state index contributed by atoms with van der Waals surface area (Å²) >= 11 is 3.45. The molecular weight excluding hydrogens is 202 g/mol. The average molecular weight is 215 g/mol. The second kappa shape index (κ2) is 3.86. The summed E-state index contributed by atoms with van der Waals surface area (Å²) in [5.41, 5.74) is 1.38. The molecule has 0 N–H and O–H groups in total. The van der Waals surface area contributed by atoms with E-state index >= 15 is 0 Å². The number of aromatic nitrogens is 1. The number of halogens is 1. The molecule has 1 aromatic rings. The van der Waals surface area contributed by atoms with Crippen LogP contribution in [0.1, 0.15) is 19.5 Å². The van der Waals surface area contributed by atoms with E-state index in [9.17, 15) is 0 Å². The van der Waals surface area contributed by atoms with E-state index in [4.69, 9.17) is 0 Å². The predicted octanol–water partition coefficient (Wildman–Crippen LogP) is 2.32. The first-order valence-electron chi connectivity index (χ1n) is 3.95. The lowest BCUT2D eigenvalue weighted by atomic mass is 10.3. The van der Waals surface area contributed by atoms with Gasteiger partial charge in [-0.25, -0.2) is 4.57 Å². The normalized spacial score (nSPS) is 10.1. The summed E-state index contributed by atoms with van der Waals surface area (Å²) in [5, 5.41) is 0. The zero-order valence-electron chi connectivity index (χ0n) is 6.97. The van der Waals surface area contributed by atoms with Crippen LogP contribution < -0.4 is 4.57 Å². The number of nitrogens with zero attached hydrogens (tertiary/aromatic N) is 1. The molecule has 0 aliphatic rings. The first-order valence-corrected chi connectivity index (χ1v) is 4.75. The van der Waals surface area contributed by atoms with Crippen molar-refractivity contribution in [3.63, 3.8) is 0 Å². The third kappa shape index (κ3) is 2.03. The van der Waals surface area contributed by atoms with Crippen molar-refractivity contribution < 1.29 is 4.57 Å². The Bertz CT molecular complexity index is 245. The van der Waals surface area contributed by atoms with Gasteiger partial charge in [-0.3, -0.25) is 0 Å². The fourth-order valence-corrected chi connectivity index (χ4v) is 1.54. The van der Waals surface area contributed by atoms with Gasteiger partial charge >= 0.3 is 0 Å². The highest BCUT2D eigenvalue weighted by atomic mass is 79.9. The molecule has 0 fully saturated rings. The lowest BCUT2D eigenvalue weighted by Gasteiger charge is -1.98. The van der Waals surface area contributed by atoms with Crippen molar-refractivity contribution in [3.05, 3.63) is 28.5 Å². The topological polar surface area (TPSA) is 3.88 Å². The summed E-state index contributed by atoms with van der Waals surface area (Å²) in [7, 11) is 0. The van der Waals surface area contributed by atoms with Gasteiger partial charge < -0.3 is 0 Å². The maximum absolute atomic E-state index is 3.45. The molecule has 0 atom stereocenters. The quantitative estimate of drug-likeness (QED) is 0.666. The second-order valence-corrected chi connectivity index (χ2v) is 3.39. The second-order valence-electron chi connectivity index (χ2n) is 2.48. The fraction of sp³-hybridized carbons (Fsp3) is 0.444. The van der Waals surface area contributed by atoms with E-state index in [0.29, 0.717) is 0 Å². The number of hydrogen-bond donors (Lipinski definition) is 0. The van der Waals surface area contributed by atoms with Gasteiger partial charge in [0, 0.05) is 12.5 Å². The summed E-state index contributed by atoms with van der Waals surface area (Å²) in [5.74, 6) is 0. The van der Waals surface area contributed by atoms with Crippen molar-refractivity contribution in [2.24, 2.45) is 0 Å². The number of aryl methyl sites for hydroxylation is 2. The van der Waals surface area contributed by atoms with Gasteiger partial charge in [0.25, 0.3) is 0 Å². The molecule has 0 saturated heterocycles. The Kier molecular flexibility index (Phi) is 3.06. The molecule has 0 radical (unpaired) electrons. The van der Waals surface area contributed by atoms with Crippen LogP contribution in [0.3, 0.4) is 0 Å². The van der Waals surface area contributed by atoms with E-state index in [0.717, 1.165) is 17.4 Å². The standard InChI is InChI=1S/C9H13BrN/c1-3-9-6-5-8(10)7-11(9)4-2/h5-7H,3-4H2,1-2H3/q+1. The van der Waals surface area contributed by atoms with Crippen molar-refractivity contribution in [2.75, 3.05) is 0 Å². The molecule has 0 saturated carbocycles. The Morgan fingerprint density at radius 3 is 2.64 bits per heavy atom. The fourth-order valence-electron chi connectivity index (χ4n) is 1.16.